The smallest absolute Gasteiger partial charge is 0.257 e. The molecule has 0 radical (unpaired) electrons. The maximum atomic E-state index is 12.3. The minimum atomic E-state index is -3.50. The van der Waals surface area contributed by atoms with Crippen molar-refractivity contribution >= 4 is 38.9 Å². The summed E-state index contributed by atoms with van der Waals surface area (Å²) in [5.74, 6) is 0.254. The predicted octanol–water partition coefficient (Wildman–Crippen LogP) is 2.09. The number of amides is 1. The first-order chi connectivity index (χ1) is 13.7. The van der Waals surface area contributed by atoms with Gasteiger partial charge in [-0.15, -0.1) is 0 Å². The topological polar surface area (TPSA) is 97.0 Å². The molecular weight excluding hydrogens is 414 g/mol. The Balaban J connectivity index is 1.92. The van der Waals surface area contributed by atoms with E-state index in [1.54, 1.807) is 43.5 Å². The summed E-state index contributed by atoms with van der Waals surface area (Å²) in [6.07, 6.45) is 0. The molecule has 8 nitrogen and oxygen atoms in total. The van der Waals surface area contributed by atoms with Gasteiger partial charge in [0.1, 0.15) is 12.4 Å². The predicted molar refractivity (Wildman–Crippen MR) is 115 cm³/mol. The molecule has 1 amide bonds. The number of nitrogens with one attached hydrogen (secondary N) is 2. The summed E-state index contributed by atoms with van der Waals surface area (Å²) in [4.78, 5) is 12.5. The number of hydrogen-bond donors (Lipinski definition) is 2. The third-order valence-corrected chi connectivity index (χ3v) is 5.82. The summed E-state index contributed by atoms with van der Waals surface area (Å²) < 4.78 is 35.6. The van der Waals surface area contributed by atoms with Gasteiger partial charge in [-0.3, -0.25) is 10.1 Å². The lowest BCUT2D eigenvalue weighted by Crippen LogP contribution is -2.34. The van der Waals surface area contributed by atoms with Crippen LogP contribution in [0.1, 0.15) is 10.4 Å². The molecule has 2 aromatic rings. The lowest BCUT2D eigenvalue weighted by Gasteiger charge is -2.13. The fraction of sp³-hybridized carbons (Fsp3) is 0.263. The number of nitrogens with zero attached hydrogens (tertiary/aromatic N) is 1. The van der Waals surface area contributed by atoms with Crippen molar-refractivity contribution in [3.05, 3.63) is 54.1 Å². The number of benzene rings is 2. The number of methoxy groups -OCH3 is 1. The van der Waals surface area contributed by atoms with E-state index in [1.807, 2.05) is 0 Å². The van der Waals surface area contributed by atoms with Crippen molar-refractivity contribution in [3.8, 4) is 5.75 Å². The van der Waals surface area contributed by atoms with Gasteiger partial charge in [0.2, 0.25) is 10.0 Å². The zero-order chi connectivity index (χ0) is 21.4. The molecule has 2 rings (SSSR count). The van der Waals surface area contributed by atoms with E-state index in [9.17, 15) is 13.2 Å². The van der Waals surface area contributed by atoms with Crippen molar-refractivity contribution in [2.45, 2.75) is 4.90 Å². The standard InChI is InChI=1S/C19H23N3O5S2/c1-22(2)29(24,25)17-10-6-15(7-11-17)20-19(28)21-18(23)14-4-8-16(9-5-14)27-13-12-26-3/h4-11H,12-13H2,1-3H3,(H2,20,21,23,28). The summed E-state index contributed by atoms with van der Waals surface area (Å²) in [5, 5.41) is 5.52. The lowest BCUT2D eigenvalue weighted by molar-refractivity contribution is 0.0977. The van der Waals surface area contributed by atoms with Crippen LogP contribution in [0.2, 0.25) is 0 Å². The number of carbonyl (C=O) groups is 1. The van der Waals surface area contributed by atoms with E-state index >= 15 is 0 Å². The fourth-order valence-corrected chi connectivity index (χ4v) is 3.32. The summed E-state index contributed by atoms with van der Waals surface area (Å²) in [7, 11) is 1.01. The summed E-state index contributed by atoms with van der Waals surface area (Å²) in [6.45, 7) is 0.898. The number of hydrogen-bond acceptors (Lipinski definition) is 6. The molecule has 10 heteroatoms. The van der Waals surface area contributed by atoms with Gasteiger partial charge in [-0.2, -0.15) is 0 Å². The first-order valence-electron chi connectivity index (χ1n) is 8.61. The monoisotopic (exact) mass is 437 g/mol. The average Bonchev–Trinajstić information content (AvgIpc) is 2.69. The Hall–Kier alpha value is -2.53. The van der Waals surface area contributed by atoms with Crippen molar-refractivity contribution in [1.82, 2.24) is 9.62 Å². The number of ether oxygens (including phenoxy) is 2. The van der Waals surface area contributed by atoms with Crippen LogP contribution >= 0.6 is 12.2 Å². The maximum absolute atomic E-state index is 12.3. The molecule has 0 saturated carbocycles. The molecule has 0 aliphatic rings. The molecule has 0 atom stereocenters. The molecule has 156 valence electrons. The van der Waals surface area contributed by atoms with Crippen LogP contribution in [-0.4, -0.2) is 58.2 Å². The second-order valence-corrected chi connectivity index (χ2v) is 8.65. The highest BCUT2D eigenvalue weighted by molar-refractivity contribution is 7.89. The Kier molecular flexibility index (Phi) is 8.09. The van der Waals surface area contributed by atoms with Crippen LogP contribution in [0.4, 0.5) is 5.69 Å². The van der Waals surface area contributed by atoms with Gasteiger partial charge < -0.3 is 14.8 Å². The van der Waals surface area contributed by atoms with Crippen molar-refractivity contribution in [1.29, 1.82) is 0 Å². The molecule has 0 aromatic heterocycles. The fourth-order valence-electron chi connectivity index (χ4n) is 2.20. The van der Waals surface area contributed by atoms with Crippen LogP contribution in [-0.2, 0) is 14.8 Å². The Labute approximate surface area is 175 Å². The molecule has 0 saturated heterocycles. The van der Waals surface area contributed by atoms with Crippen LogP contribution in [0.15, 0.2) is 53.4 Å². The Morgan fingerprint density at radius 3 is 2.21 bits per heavy atom. The van der Waals surface area contributed by atoms with Crippen LogP contribution in [0.25, 0.3) is 0 Å². The highest BCUT2D eigenvalue weighted by Gasteiger charge is 2.16. The van der Waals surface area contributed by atoms with Gasteiger partial charge in [0, 0.05) is 32.5 Å². The zero-order valence-corrected chi connectivity index (χ0v) is 18.0. The first kappa shape index (κ1) is 22.8. The molecule has 0 bridgehead atoms. The number of sulfonamides is 1. The number of rotatable bonds is 8. The van der Waals surface area contributed by atoms with Gasteiger partial charge in [0.15, 0.2) is 5.11 Å². The third kappa shape index (κ3) is 6.50. The van der Waals surface area contributed by atoms with E-state index in [2.05, 4.69) is 10.6 Å². The molecule has 0 aliphatic heterocycles. The molecule has 0 fully saturated rings. The van der Waals surface area contributed by atoms with Crippen molar-refractivity contribution in [3.63, 3.8) is 0 Å². The van der Waals surface area contributed by atoms with Gasteiger partial charge in [-0.25, -0.2) is 12.7 Å². The Bertz CT molecular complexity index is 943. The first-order valence-corrected chi connectivity index (χ1v) is 10.5. The molecule has 0 spiro atoms. The lowest BCUT2D eigenvalue weighted by atomic mass is 10.2. The quantitative estimate of drug-likeness (QED) is 0.482. The molecular formula is C19H23N3O5S2. The van der Waals surface area contributed by atoms with Crippen LogP contribution in [0, 0.1) is 0 Å². The van der Waals surface area contributed by atoms with E-state index in [-0.39, 0.29) is 15.9 Å². The van der Waals surface area contributed by atoms with Gasteiger partial charge in [-0.05, 0) is 60.7 Å². The average molecular weight is 438 g/mol. The Morgan fingerprint density at radius 2 is 1.66 bits per heavy atom. The van der Waals surface area contributed by atoms with Crippen LogP contribution < -0.4 is 15.4 Å². The highest BCUT2D eigenvalue weighted by atomic mass is 32.2. The summed E-state index contributed by atoms with van der Waals surface area (Å²) in [6, 6.07) is 12.7. The van der Waals surface area contributed by atoms with Crippen molar-refractivity contribution < 1.29 is 22.7 Å². The second-order valence-electron chi connectivity index (χ2n) is 6.09. The summed E-state index contributed by atoms with van der Waals surface area (Å²) in [5.41, 5.74) is 0.968. The minimum Gasteiger partial charge on any atom is -0.491 e. The number of anilines is 1. The number of thiocarbonyl (C=S) groups is 1. The maximum Gasteiger partial charge on any atom is 0.257 e. The van der Waals surface area contributed by atoms with E-state index < -0.39 is 10.0 Å². The van der Waals surface area contributed by atoms with Gasteiger partial charge >= 0.3 is 0 Å². The van der Waals surface area contributed by atoms with Crippen molar-refractivity contribution in [2.75, 3.05) is 39.7 Å². The largest absolute Gasteiger partial charge is 0.491 e. The third-order valence-electron chi connectivity index (χ3n) is 3.79. The molecule has 0 aliphatic carbocycles. The van der Waals surface area contributed by atoms with Gasteiger partial charge in [0.25, 0.3) is 5.91 Å². The normalized spacial score (nSPS) is 11.2. The van der Waals surface area contributed by atoms with E-state index in [1.165, 1.54) is 26.2 Å². The van der Waals surface area contributed by atoms with E-state index in [0.717, 1.165) is 4.31 Å². The second kappa shape index (κ2) is 10.3. The van der Waals surface area contributed by atoms with Crippen LogP contribution in [0.3, 0.4) is 0 Å². The molecule has 0 heterocycles. The van der Waals surface area contributed by atoms with Gasteiger partial charge in [0.05, 0.1) is 11.5 Å². The minimum absolute atomic E-state index is 0.0960. The SMILES string of the molecule is COCCOc1ccc(C(=O)NC(=S)Nc2ccc(S(=O)(=O)N(C)C)cc2)cc1. The van der Waals surface area contributed by atoms with E-state index in [4.69, 9.17) is 21.7 Å². The molecule has 2 aromatic carbocycles. The molecule has 2 N–H and O–H groups in total. The highest BCUT2D eigenvalue weighted by Crippen LogP contribution is 2.17. The van der Waals surface area contributed by atoms with Crippen molar-refractivity contribution in [2.24, 2.45) is 0 Å². The van der Waals surface area contributed by atoms with Crippen LogP contribution in [0.5, 0.6) is 5.75 Å². The number of carbonyl (C=O) groups excluding carboxylic acids is 1. The summed E-state index contributed by atoms with van der Waals surface area (Å²) >= 11 is 5.15. The van der Waals surface area contributed by atoms with E-state index in [0.29, 0.717) is 30.2 Å². The Morgan fingerprint density at radius 1 is 1.03 bits per heavy atom. The molecule has 29 heavy (non-hydrogen) atoms. The van der Waals surface area contributed by atoms with Gasteiger partial charge in [-0.1, -0.05) is 0 Å². The zero-order valence-electron chi connectivity index (χ0n) is 16.3. The molecule has 0 unspecified atom stereocenters.